The molecule has 0 aliphatic rings. The quantitative estimate of drug-likeness (QED) is 0.734. The van der Waals surface area contributed by atoms with Crippen molar-refractivity contribution >= 4 is 27.9 Å². The smallest absolute Gasteiger partial charge is 0.384 e. The molecule has 0 spiro atoms. The topological polar surface area (TPSA) is 98.9 Å². The van der Waals surface area contributed by atoms with E-state index in [1.165, 1.54) is 14.1 Å². The van der Waals surface area contributed by atoms with Gasteiger partial charge in [0.05, 0.1) is 5.02 Å². The second-order valence-corrected chi connectivity index (χ2v) is 10.6. The second kappa shape index (κ2) is 7.95. The first-order chi connectivity index (χ1) is 12.0. The summed E-state index contributed by atoms with van der Waals surface area (Å²) in [6, 6.07) is 1.96. The number of nitrogens with zero attached hydrogens (tertiary/aromatic N) is 1. The highest BCUT2D eigenvalue weighted by molar-refractivity contribution is 7.84. The van der Waals surface area contributed by atoms with Crippen LogP contribution in [-0.2, 0) is 25.3 Å². The Kier molecular flexibility index (Phi) is 6.97. The highest BCUT2D eigenvalue weighted by Gasteiger charge is 2.31. The van der Waals surface area contributed by atoms with E-state index in [4.69, 9.17) is 26.3 Å². The van der Waals surface area contributed by atoms with Crippen LogP contribution in [0.25, 0.3) is 0 Å². The van der Waals surface area contributed by atoms with E-state index in [1.54, 1.807) is 32.9 Å². The molecule has 0 aromatic heterocycles. The molecule has 0 radical (unpaired) electrons. The molecule has 0 aliphatic heterocycles. The Balaban J connectivity index is 3.57. The van der Waals surface area contributed by atoms with E-state index in [0.717, 1.165) is 9.87 Å². The zero-order valence-corrected chi connectivity index (χ0v) is 18.7. The lowest BCUT2D eigenvalue weighted by Gasteiger charge is -2.26. The Bertz CT molecular complexity index is 808. The maximum absolute atomic E-state index is 12.5. The van der Waals surface area contributed by atoms with E-state index in [1.807, 2.05) is 20.8 Å². The highest BCUT2D eigenvalue weighted by atomic mass is 35.5. The van der Waals surface area contributed by atoms with Crippen molar-refractivity contribution in [3.63, 3.8) is 0 Å². The Morgan fingerprint density at radius 1 is 1.15 bits per heavy atom. The summed E-state index contributed by atoms with van der Waals surface area (Å²) in [6.45, 7) is 11.0. The van der Waals surface area contributed by atoms with Gasteiger partial charge in [-0.15, -0.1) is 0 Å². The standard InChI is InChI=1S/C18H29ClN2O5S/c1-17(2,3)11-9-12(14(20)16(22)25-18(4,5)6)15(13(19)10-11)26-27(23,24)21(7)8/h9-10,14H,20H2,1-8H3. The average Bonchev–Trinajstić information content (AvgIpc) is 2.45. The molecule has 0 fully saturated rings. The fraction of sp³-hybridized carbons (Fsp3) is 0.611. The zero-order valence-electron chi connectivity index (χ0n) is 17.1. The maximum Gasteiger partial charge on any atom is 0.384 e. The molecule has 0 amide bonds. The second-order valence-electron chi connectivity index (χ2n) is 8.46. The largest absolute Gasteiger partial charge is 0.459 e. The third-order valence-electron chi connectivity index (χ3n) is 3.57. The Labute approximate surface area is 167 Å². The lowest BCUT2D eigenvalue weighted by atomic mass is 9.85. The Morgan fingerprint density at radius 2 is 1.67 bits per heavy atom. The first-order valence-corrected chi connectivity index (χ1v) is 10.1. The van der Waals surface area contributed by atoms with Gasteiger partial charge in [-0.3, -0.25) is 0 Å². The molecule has 0 bridgehead atoms. The van der Waals surface area contributed by atoms with Crippen molar-refractivity contribution in [2.45, 2.75) is 58.6 Å². The third-order valence-corrected chi connectivity index (χ3v) is 5.12. The molecule has 9 heteroatoms. The van der Waals surface area contributed by atoms with Gasteiger partial charge in [0.15, 0.2) is 5.75 Å². The summed E-state index contributed by atoms with van der Waals surface area (Å²) < 4.78 is 35.8. The number of nitrogens with two attached hydrogens (primary N) is 1. The molecule has 2 N–H and O–H groups in total. The van der Waals surface area contributed by atoms with Crippen molar-refractivity contribution in [1.82, 2.24) is 4.31 Å². The molecule has 27 heavy (non-hydrogen) atoms. The number of hydrogen-bond donors (Lipinski definition) is 1. The summed E-state index contributed by atoms with van der Waals surface area (Å²) in [5.41, 5.74) is 5.95. The van der Waals surface area contributed by atoms with E-state index >= 15 is 0 Å². The van der Waals surface area contributed by atoms with Gasteiger partial charge in [-0.25, -0.2) is 4.79 Å². The number of hydrogen-bond acceptors (Lipinski definition) is 6. The summed E-state index contributed by atoms with van der Waals surface area (Å²) in [7, 11) is -1.46. The van der Waals surface area contributed by atoms with Crippen LogP contribution in [0, 0.1) is 0 Å². The predicted molar refractivity (Wildman–Crippen MR) is 106 cm³/mol. The zero-order chi connectivity index (χ0) is 21.4. The summed E-state index contributed by atoms with van der Waals surface area (Å²) in [4.78, 5) is 12.5. The van der Waals surface area contributed by atoms with Crippen molar-refractivity contribution in [2.24, 2.45) is 5.73 Å². The fourth-order valence-corrected chi connectivity index (χ4v) is 2.90. The van der Waals surface area contributed by atoms with Crippen LogP contribution in [-0.4, -0.2) is 38.4 Å². The van der Waals surface area contributed by atoms with Gasteiger partial charge in [0.2, 0.25) is 0 Å². The van der Waals surface area contributed by atoms with Crippen molar-refractivity contribution in [3.8, 4) is 5.75 Å². The fourth-order valence-electron chi connectivity index (χ4n) is 2.04. The van der Waals surface area contributed by atoms with Crippen LogP contribution in [0.5, 0.6) is 5.75 Å². The van der Waals surface area contributed by atoms with Crippen LogP contribution in [0.3, 0.4) is 0 Å². The predicted octanol–water partition coefficient (Wildman–Crippen LogP) is 3.16. The molecule has 1 atom stereocenters. The van der Waals surface area contributed by atoms with Crippen LogP contribution in [0.2, 0.25) is 5.02 Å². The average molecular weight is 421 g/mol. The molecular weight excluding hydrogens is 392 g/mol. The summed E-state index contributed by atoms with van der Waals surface area (Å²) >= 11 is 6.32. The van der Waals surface area contributed by atoms with Gasteiger partial charge in [0.1, 0.15) is 11.6 Å². The first kappa shape index (κ1) is 23.7. The molecule has 1 aromatic carbocycles. The third kappa shape index (κ3) is 6.34. The number of ether oxygens (including phenoxy) is 1. The minimum absolute atomic E-state index is 0.0434. The van der Waals surface area contributed by atoms with Crippen molar-refractivity contribution < 1.29 is 22.1 Å². The van der Waals surface area contributed by atoms with Crippen LogP contribution < -0.4 is 9.92 Å². The Morgan fingerprint density at radius 3 is 2.07 bits per heavy atom. The van der Waals surface area contributed by atoms with E-state index in [9.17, 15) is 13.2 Å². The summed E-state index contributed by atoms with van der Waals surface area (Å²) in [5.74, 6) is -0.895. The molecule has 1 rings (SSSR count). The SMILES string of the molecule is CN(C)S(=O)(=O)Oc1c(Cl)cc(C(C)(C)C)cc1C(N)C(=O)OC(C)(C)C. The Hall–Kier alpha value is -1.35. The van der Waals surface area contributed by atoms with E-state index < -0.39 is 27.9 Å². The van der Waals surface area contributed by atoms with Gasteiger partial charge in [-0.1, -0.05) is 32.4 Å². The highest BCUT2D eigenvalue weighted by Crippen LogP contribution is 2.39. The molecule has 154 valence electrons. The number of rotatable bonds is 5. The minimum atomic E-state index is -4.10. The molecule has 7 nitrogen and oxygen atoms in total. The number of halogens is 1. The molecule has 0 aliphatic carbocycles. The van der Waals surface area contributed by atoms with Crippen molar-refractivity contribution in [2.75, 3.05) is 14.1 Å². The maximum atomic E-state index is 12.5. The first-order valence-electron chi connectivity index (χ1n) is 8.40. The van der Waals surface area contributed by atoms with Crippen molar-refractivity contribution in [1.29, 1.82) is 0 Å². The molecule has 1 aromatic rings. The van der Waals surface area contributed by atoms with E-state index in [2.05, 4.69) is 0 Å². The minimum Gasteiger partial charge on any atom is -0.459 e. The number of benzene rings is 1. The molecule has 0 saturated carbocycles. The molecule has 0 saturated heterocycles. The van der Waals surface area contributed by atoms with Gasteiger partial charge in [0.25, 0.3) is 0 Å². The summed E-state index contributed by atoms with van der Waals surface area (Å²) in [6.07, 6.45) is 0. The number of carbonyl (C=O) groups is 1. The lowest BCUT2D eigenvalue weighted by molar-refractivity contribution is -0.156. The van der Waals surface area contributed by atoms with Crippen LogP contribution >= 0.6 is 11.6 Å². The number of carbonyl (C=O) groups excluding carboxylic acids is 1. The molecular formula is C18H29ClN2O5S. The molecule has 1 unspecified atom stereocenters. The lowest BCUT2D eigenvalue weighted by Crippen LogP contribution is -2.33. The van der Waals surface area contributed by atoms with Gasteiger partial charge >= 0.3 is 16.3 Å². The van der Waals surface area contributed by atoms with Crippen LogP contribution in [0.15, 0.2) is 12.1 Å². The molecule has 0 heterocycles. The van der Waals surface area contributed by atoms with Gasteiger partial charge < -0.3 is 14.7 Å². The van der Waals surface area contributed by atoms with Crippen LogP contribution in [0.1, 0.15) is 58.7 Å². The van der Waals surface area contributed by atoms with Crippen molar-refractivity contribution in [3.05, 3.63) is 28.3 Å². The number of esters is 1. The summed E-state index contributed by atoms with van der Waals surface area (Å²) in [5, 5.41) is 0.0434. The van der Waals surface area contributed by atoms with E-state index in [0.29, 0.717) is 0 Å². The van der Waals surface area contributed by atoms with Crippen LogP contribution in [0.4, 0.5) is 0 Å². The monoisotopic (exact) mass is 420 g/mol. The van der Waals surface area contributed by atoms with Gasteiger partial charge in [-0.05, 0) is 43.9 Å². The van der Waals surface area contributed by atoms with E-state index in [-0.39, 0.29) is 21.8 Å². The van der Waals surface area contributed by atoms with Gasteiger partial charge in [-0.2, -0.15) is 12.7 Å². The van der Waals surface area contributed by atoms with Gasteiger partial charge in [0, 0.05) is 19.7 Å². The normalized spacial score (nSPS) is 14.2.